The molecule has 118 valence electrons. The van der Waals surface area contributed by atoms with Crippen molar-refractivity contribution in [1.29, 1.82) is 0 Å². The molecule has 1 aromatic heterocycles. The number of anilines is 1. The minimum absolute atomic E-state index is 0.0202. The van der Waals surface area contributed by atoms with E-state index in [1.54, 1.807) is 0 Å². The Hall–Kier alpha value is -2.88. The van der Waals surface area contributed by atoms with Crippen molar-refractivity contribution in [3.63, 3.8) is 0 Å². The molecule has 0 fully saturated rings. The molecule has 0 saturated carbocycles. The van der Waals surface area contributed by atoms with E-state index in [4.69, 9.17) is 0 Å². The molecule has 1 unspecified atom stereocenters. The van der Waals surface area contributed by atoms with E-state index >= 15 is 0 Å². The highest BCUT2D eigenvalue weighted by Crippen LogP contribution is 2.48. The molecule has 4 heteroatoms. The number of Topliss-reactive ketones (excluding diaryl/α,β-unsaturated/α-hetero) is 1. The Morgan fingerprint density at radius 3 is 2.75 bits per heavy atom. The minimum atomic E-state index is -0.0202. The monoisotopic (exact) mass is 315 g/mol. The van der Waals surface area contributed by atoms with Crippen molar-refractivity contribution in [2.75, 3.05) is 5.32 Å². The fraction of sp³-hybridized carbons (Fsp3) is 0.200. The van der Waals surface area contributed by atoms with E-state index in [9.17, 15) is 4.79 Å². The van der Waals surface area contributed by atoms with Gasteiger partial charge in [0.2, 0.25) is 0 Å². The molecule has 1 aliphatic carbocycles. The molecule has 3 aromatic rings. The molecule has 0 radical (unpaired) electrons. The summed E-state index contributed by atoms with van der Waals surface area (Å²) >= 11 is 0. The van der Waals surface area contributed by atoms with Crippen LogP contribution in [-0.4, -0.2) is 16.0 Å². The van der Waals surface area contributed by atoms with Gasteiger partial charge in [0.05, 0.1) is 11.7 Å². The van der Waals surface area contributed by atoms with Crippen LogP contribution in [0, 0.1) is 6.92 Å². The van der Waals surface area contributed by atoms with Gasteiger partial charge < -0.3 is 5.32 Å². The lowest BCUT2D eigenvalue weighted by atomic mass is 9.79. The number of nitrogens with zero attached hydrogens (tertiary/aromatic N) is 1. The number of nitrogens with one attached hydrogen (secondary N) is 2. The third kappa shape index (κ3) is 1.80. The molecule has 4 nitrogen and oxygen atoms in total. The molecule has 2 N–H and O–H groups in total. The average Bonchev–Trinajstić information content (AvgIpc) is 3.21. The largest absolute Gasteiger partial charge is 0.358 e. The molecule has 0 bridgehead atoms. The first kappa shape index (κ1) is 13.5. The molecular weight excluding hydrogens is 298 g/mol. The number of aromatic nitrogens is 2. The summed E-state index contributed by atoms with van der Waals surface area (Å²) in [7, 11) is 0. The molecule has 5 rings (SSSR count). The Balaban J connectivity index is 1.82. The number of aromatic amines is 1. The molecule has 2 aromatic carbocycles. The SMILES string of the molecule is Cc1ccc(C2C3=C(CCC3=O)Nc3ccc4[nH]ncc4c32)cc1. The van der Waals surface area contributed by atoms with E-state index in [1.165, 1.54) is 11.1 Å². The van der Waals surface area contributed by atoms with Gasteiger partial charge in [-0.3, -0.25) is 9.89 Å². The van der Waals surface area contributed by atoms with Crippen LogP contribution < -0.4 is 5.32 Å². The summed E-state index contributed by atoms with van der Waals surface area (Å²) in [5.41, 5.74) is 7.64. The van der Waals surface area contributed by atoms with Crippen molar-refractivity contribution in [2.24, 2.45) is 0 Å². The second kappa shape index (κ2) is 4.81. The quantitative estimate of drug-likeness (QED) is 0.712. The summed E-state index contributed by atoms with van der Waals surface area (Å²) in [6.07, 6.45) is 3.27. The van der Waals surface area contributed by atoms with Crippen LogP contribution in [0.3, 0.4) is 0 Å². The maximum Gasteiger partial charge on any atom is 0.161 e. The number of aryl methyl sites for hydroxylation is 1. The number of hydrogen-bond donors (Lipinski definition) is 2. The van der Waals surface area contributed by atoms with Gasteiger partial charge in [-0.2, -0.15) is 5.10 Å². The van der Waals surface area contributed by atoms with Crippen LogP contribution >= 0.6 is 0 Å². The van der Waals surface area contributed by atoms with Crippen LogP contribution in [0.15, 0.2) is 53.9 Å². The fourth-order valence-electron chi connectivity index (χ4n) is 4.00. The zero-order chi connectivity index (χ0) is 16.3. The van der Waals surface area contributed by atoms with Crippen molar-refractivity contribution in [3.8, 4) is 0 Å². The Morgan fingerprint density at radius 1 is 1.08 bits per heavy atom. The van der Waals surface area contributed by atoms with E-state index in [-0.39, 0.29) is 11.7 Å². The van der Waals surface area contributed by atoms with Crippen molar-refractivity contribution in [1.82, 2.24) is 10.2 Å². The van der Waals surface area contributed by atoms with E-state index in [2.05, 4.69) is 52.8 Å². The number of fused-ring (bicyclic) bond motifs is 3. The molecule has 0 spiro atoms. The van der Waals surface area contributed by atoms with E-state index in [0.29, 0.717) is 6.42 Å². The maximum atomic E-state index is 12.6. The first-order valence-corrected chi connectivity index (χ1v) is 8.28. The third-order valence-corrected chi connectivity index (χ3v) is 5.17. The minimum Gasteiger partial charge on any atom is -0.358 e. The van der Waals surface area contributed by atoms with E-state index in [0.717, 1.165) is 39.8 Å². The Labute approximate surface area is 139 Å². The lowest BCUT2D eigenvalue weighted by Gasteiger charge is -2.29. The van der Waals surface area contributed by atoms with Gasteiger partial charge in [0.1, 0.15) is 0 Å². The van der Waals surface area contributed by atoms with E-state index < -0.39 is 0 Å². The average molecular weight is 315 g/mol. The highest BCUT2D eigenvalue weighted by atomic mass is 16.1. The van der Waals surface area contributed by atoms with Gasteiger partial charge >= 0.3 is 0 Å². The fourth-order valence-corrected chi connectivity index (χ4v) is 4.00. The summed E-state index contributed by atoms with van der Waals surface area (Å²) in [6, 6.07) is 12.7. The Bertz CT molecular complexity index is 1010. The summed E-state index contributed by atoms with van der Waals surface area (Å²) in [5.74, 6) is 0.238. The van der Waals surface area contributed by atoms with Crippen molar-refractivity contribution < 1.29 is 4.79 Å². The summed E-state index contributed by atoms with van der Waals surface area (Å²) in [6.45, 7) is 2.08. The smallest absolute Gasteiger partial charge is 0.161 e. The van der Waals surface area contributed by atoms with Gasteiger partial charge in [0.25, 0.3) is 0 Å². The number of allylic oxidation sites excluding steroid dienone is 2. The van der Waals surface area contributed by atoms with Crippen molar-refractivity contribution in [3.05, 3.63) is 70.6 Å². The Morgan fingerprint density at radius 2 is 1.92 bits per heavy atom. The Kier molecular flexibility index (Phi) is 2.71. The van der Waals surface area contributed by atoms with Crippen LogP contribution in [0.5, 0.6) is 0 Å². The van der Waals surface area contributed by atoms with Gasteiger partial charge in [-0.05, 0) is 36.6 Å². The molecule has 2 aliphatic rings. The third-order valence-electron chi connectivity index (χ3n) is 5.17. The van der Waals surface area contributed by atoms with Crippen LogP contribution in [0.2, 0.25) is 0 Å². The van der Waals surface area contributed by atoms with E-state index in [1.807, 2.05) is 12.3 Å². The first-order chi connectivity index (χ1) is 11.7. The standard InChI is InChI=1S/C20H17N3O/c1-11-2-4-12(5-3-11)18-19-13-10-21-23-14(13)6-7-15(19)22-16-8-9-17(24)20(16)18/h2-7,10,18,22H,8-9H2,1H3,(H,21,23). The zero-order valence-corrected chi connectivity index (χ0v) is 13.4. The topological polar surface area (TPSA) is 57.8 Å². The number of benzene rings is 2. The highest BCUT2D eigenvalue weighted by Gasteiger charge is 2.37. The van der Waals surface area contributed by atoms with Gasteiger partial charge in [-0.25, -0.2) is 0 Å². The molecule has 1 atom stereocenters. The number of carbonyl (C=O) groups is 1. The summed E-state index contributed by atoms with van der Waals surface area (Å²) in [4.78, 5) is 12.6. The first-order valence-electron chi connectivity index (χ1n) is 8.28. The lowest BCUT2D eigenvalue weighted by molar-refractivity contribution is -0.115. The number of rotatable bonds is 1. The van der Waals surface area contributed by atoms with Gasteiger partial charge in [-0.1, -0.05) is 29.8 Å². The molecule has 1 aliphatic heterocycles. The van der Waals surface area contributed by atoms with Crippen LogP contribution in [-0.2, 0) is 4.79 Å². The summed E-state index contributed by atoms with van der Waals surface area (Å²) in [5, 5.41) is 11.8. The molecule has 24 heavy (non-hydrogen) atoms. The normalized spacial score (nSPS) is 19.4. The number of hydrogen-bond acceptors (Lipinski definition) is 3. The second-order valence-corrected chi connectivity index (χ2v) is 6.64. The van der Waals surface area contributed by atoms with Crippen molar-refractivity contribution >= 4 is 22.4 Å². The zero-order valence-electron chi connectivity index (χ0n) is 13.4. The highest BCUT2D eigenvalue weighted by molar-refractivity contribution is 6.05. The van der Waals surface area contributed by atoms with Gasteiger partial charge in [-0.15, -0.1) is 0 Å². The van der Waals surface area contributed by atoms with Crippen LogP contribution in [0.25, 0.3) is 10.9 Å². The summed E-state index contributed by atoms with van der Waals surface area (Å²) < 4.78 is 0. The number of H-pyrrole nitrogens is 1. The lowest BCUT2D eigenvalue weighted by Crippen LogP contribution is -2.19. The molecular formula is C20H17N3O. The van der Waals surface area contributed by atoms with Crippen LogP contribution in [0.1, 0.15) is 35.4 Å². The second-order valence-electron chi connectivity index (χ2n) is 6.64. The number of carbonyl (C=O) groups excluding carboxylic acids is 1. The maximum absolute atomic E-state index is 12.6. The van der Waals surface area contributed by atoms with Gasteiger partial charge in [0, 0.05) is 34.7 Å². The predicted octanol–water partition coefficient (Wildman–Crippen LogP) is 4.05. The van der Waals surface area contributed by atoms with Crippen LogP contribution in [0.4, 0.5) is 5.69 Å². The predicted molar refractivity (Wildman–Crippen MR) is 94.0 cm³/mol. The van der Waals surface area contributed by atoms with Gasteiger partial charge in [0.15, 0.2) is 5.78 Å². The molecule has 0 saturated heterocycles. The number of ketones is 1. The molecule has 0 amide bonds. The van der Waals surface area contributed by atoms with Crippen molar-refractivity contribution in [2.45, 2.75) is 25.7 Å². The molecule has 2 heterocycles.